The maximum Gasteiger partial charge on any atom is 0.269 e. The maximum absolute atomic E-state index is 11.2. The Morgan fingerprint density at radius 2 is 2.30 bits per heavy atom. The third kappa shape index (κ3) is 0.903. The molecule has 4 heteroatoms. The van der Waals surface area contributed by atoms with Gasteiger partial charge in [-0.3, -0.25) is 9.79 Å². The number of aliphatic imine (C=N–C) groups is 1. The highest BCUT2D eigenvalue weighted by molar-refractivity contribution is 5.98. The first kappa shape index (κ1) is 7.21. The lowest BCUT2D eigenvalue weighted by Gasteiger charge is -2.15. The zero-order valence-electron chi connectivity index (χ0n) is 6.38. The van der Waals surface area contributed by atoms with Crippen LogP contribution in [0.1, 0.15) is 13.8 Å². The van der Waals surface area contributed by atoms with Crippen LogP contribution in [0.3, 0.4) is 0 Å². The number of hydrogen-bond donors (Lipinski definition) is 1. The molecule has 4 nitrogen and oxygen atoms in total. The number of nitrogens with zero attached hydrogens (tertiary/aromatic N) is 2. The summed E-state index contributed by atoms with van der Waals surface area (Å²) >= 11 is 0. The summed E-state index contributed by atoms with van der Waals surface area (Å²) in [6.07, 6.45) is 1.50. The van der Waals surface area contributed by atoms with Gasteiger partial charge < -0.3 is 0 Å². The highest BCUT2D eigenvalue weighted by atomic mass is 16.2. The molecular weight excluding hydrogens is 130 g/mol. The minimum absolute atomic E-state index is 0.0185. The second-order valence-electron chi connectivity index (χ2n) is 2.70. The fourth-order valence-electron chi connectivity index (χ4n) is 0.764. The molecule has 0 saturated carbocycles. The van der Waals surface area contributed by atoms with Crippen LogP contribution in [0.2, 0.25) is 0 Å². The molecule has 1 N–H and O–H groups in total. The molecule has 0 spiro atoms. The molecule has 0 unspecified atom stereocenters. The number of carbonyl (C=O) groups is 1. The van der Waals surface area contributed by atoms with Crippen LogP contribution in [-0.2, 0) is 4.79 Å². The van der Waals surface area contributed by atoms with E-state index >= 15 is 0 Å². The van der Waals surface area contributed by atoms with E-state index in [-0.39, 0.29) is 5.91 Å². The fraction of sp³-hybridized carbons (Fsp3) is 0.667. The Bertz CT molecular complexity index is 185. The Balaban J connectivity index is 2.78. The van der Waals surface area contributed by atoms with Crippen LogP contribution in [0.5, 0.6) is 0 Å². The van der Waals surface area contributed by atoms with Gasteiger partial charge in [-0.2, -0.15) is 0 Å². The van der Waals surface area contributed by atoms with Crippen LogP contribution in [0.15, 0.2) is 4.99 Å². The van der Waals surface area contributed by atoms with Gasteiger partial charge in [-0.25, -0.2) is 10.4 Å². The number of hydrogen-bond acceptors (Lipinski definition) is 3. The first-order valence-electron chi connectivity index (χ1n) is 3.14. The predicted molar refractivity (Wildman–Crippen MR) is 38.5 cm³/mol. The van der Waals surface area contributed by atoms with E-state index in [1.807, 2.05) is 0 Å². The van der Waals surface area contributed by atoms with Crippen molar-refractivity contribution < 1.29 is 4.79 Å². The molecule has 0 atom stereocenters. The van der Waals surface area contributed by atoms with Crippen molar-refractivity contribution in [3.05, 3.63) is 0 Å². The number of carbonyl (C=O) groups excluding carboxylic acids is 1. The average molecular weight is 141 g/mol. The lowest BCUT2D eigenvalue weighted by atomic mass is 10.1. The molecular formula is C6H11N3O. The summed E-state index contributed by atoms with van der Waals surface area (Å²) in [7, 11) is 1.69. The summed E-state index contributed by atoms with van der Waals surface area (Å²) in [5.74, 6) is -0.0185. The molecule has 1 rings (SSSR count). The zero-order chi connectivity index (χ0) is 7.78. The third-order valence-electron chi connectivity index (χ3n) is 1.48. The number of rotatable bonds is 1. The highest BCUT2D eigenvalue weighted by Crippen LogP contribution is 2.15. The molecule has 0 saturated heterocycles. The van der Waals surface area contributed by atoms with Gasteiger partial charge in [0.25, 0.3) is 5.91 Å². The molecule has 0 aromatic heterocycles. The molecule has 0 aliphatic carbocycles. The molecule has 10 heavy (non-hydrogen) atoms. The van der Waals surface area contributed by atoms with E-state index < -0.39 is 5.54 Å². The van der Waals surface area contributed by atoms with E-state index in [0.29, 0.717) is 0 Å². The molecule has 1 aliphatic rings. The maximum atomic E-state index is 11.2. The average Bonchev–Trinajstić information content (AvgIpc) is 2.10. The van der Waals surface area contributed by atoms with Crippen molar-refractivity contribution in [2.24, 2.45) is 4.99 Å². The Morgan fingerprint density at radius 3 is 2.50 bits per heavy atom. The van der Waals surface area contributed by atoms with Crippen molar-refractivity contribution in [3.63, 3.8) is 0 Å². The monoisotopic (exact) mass is 141 g/mol. The molecule has 1 amide bonds. The SMILES string of the molecule is CNN1C=NC(C)(C)C1=O. The van der Waals surface area contributed by atoms with Crippen LogP contribution in [0.25, 0.3) is 0 Å². The normalized spacial score (nSPS) is 22.3. The van der Waals surface area contributed by atoms with Gasteiger partial charge in [0.1, 0.15) is 11.9 Å². The van der Waals surface area contributed by atoms with Crippen molar-refractivity contribution in [1.29, 1.82) is 0 Å². The largest absolute Gasteiger partial charge is 0.270 e. The second-order valence-corrected chi connectivity index (χ2v) is 2.70. The van der Waals surface area contributed by atoms with E-state index in [4.69, 9.17) is 0 Å². The van der Waals surface area contributed by atoms with Crippen molar-refractivity contribution in [3.8, 4) is 0 Å². The van der Waals surface area contributed by atoms with Crippen molar-refractivity contribution >= 4 is 12.2 Å². The summed E-state index contributed by atoms with van der Waals surface area (Å²) in [6, 6.07) is 0. The van der Waals surface area contributed by atoms with E-state index in [1.165, 1.54) is 11.3 Å². The molecule has 1 heterocycles. The van der Waals surface area contributed by atoms with Crippen LogP contribution >= 0.6 is 0 Å². The van der Waals surface area contributed by atoms with Crippen LogP contribution in [0, 0.1) is 0 Å². The standard InChI is InChI=1S/C6H11N3O/c1-6(2)5(10)9(7-3)4-8-6/h4,7H,1-3H3. The summed E-state index contributed by atoms with van der Waals surface area (Å²) < 4.78 is 0. The Labute approximate surface area is 59.9 Å². The number of amides is 1. The smallest absolute Gasteiger partial charge is 0.269 e. The van der Waals surface area contributed by atoms with E-state index in [0.717, 1.165) is 0 Å². The molecule has 0 bridgehead atoms. The summed E-state index contributed by atoms with van der Waals surface area (Å²) in [5, 5.41) is 1.38. The van der Waals surface area contributed by atoms with E-state index in [9.17, 15) is 4.79 Å². The summed E-state index contributed by atoms with van der Waals surface area (Å²) in [5.41, 5.74) is 2.12. The van der Waals surface area contributed by atoms with Gasteiger partial charge in [-0.15, -0.1) is 0 Å². The Morgan fingerprint density at radius 1 is 1.70 bits per heavy atom. The molecule has 0 aromatic rings. The number of hydrazine groups is 1. The van der Waals surface area contributed by atoms with Crippen molar-refractivity contribution in [1.82, 2.24) is 10.4 Å². The van der Waals surface area contributed by atoms with E-state index in [2.05, 4.69) is 10.4 Å². The molecule has 0 fully saturated rings. The first-order chi connectivity index (χ1) is 4.58. The van der Waals surface area contributed by atoms with Crippen LogP contribution in [0.4, 0.5) is 0 Å². The minimum Gasteiger partial charge on any atom is -0.270 e. The third-order valence-corrected chi connectivity index (χ3v) is 1.48. The van der Waals surface area contributed by atoms with Gasteiger partial charge in [-0.05, 0) is 13.8 Å². The quantitative estimate of drug-likeness (QED) is 0.548. The number of nitrogens with one attached hydrogen (secondary N) is 1. The van der Waals surface area contributed by atoms with Gasteiger partial charge in [0, 0.05) is 7.05 Å². The minimum atomic E-state index is -0.580. The predicted octanol–water partition coefficient (Wildman–Crippen LogP) is -0.230. The fourth-order valence-corrected chi connectivity index (χ4v) is 0.764. The van der Waals surface area contributed by atoms with Gasteiger partial charge >= 0.3 is 0 Å². The van der Waals surface area contributed by atoms with Crippen molar-refractivity contribution in [2.75, 3.05) is 7.05 Å². The van der Waals surface area contributed by atoms with Gasteiger partial charge in [-0.1, -0.05) is 0 Å². The van der Waals surface area contributed by atoms with Crippen LogP contribution < -0.4 is 5.43 Å². The summed E-state index contributed by atoms with van der Waals surface area (Å²) in [6.45, 7) is 3.56. The lowest BCUT2D eigenvalue weighted by molar-refractivity contribution is -0.131. The molecule has 56 valence electrons. The van der Waals surface area contributed by atoms with Gasteiger partial charge in [0.15, 0.2) is 0 Å². The van der Waals surface area contributed by atoms with Crippen molar-refractivity contribution in [2.45, 2.75) is 19.4 Å². The van der Waals surface area contributed by atoms with Crippen LogP contribution in [-0.4, -0.2) is 29.8 Å². The second kappa shape index (κ2) is 2.05. The van der Waals surface area contributed by atoms with Gasteiger partial charge in [0.2, 0.25) is 0 Å². The Hall–Kier alpha value is -0.900. The highest BCUT2D eigenvalue weighted by Gasteiger charge is 2.35. The van der Waals surface area contributed by atoms with E-state index in [1.54, 1.807) is 20.9 Å². The lowest BCUT2D eigenvalue weighted by Crippen LogP contribution is -2.42. The zero-order valence-corrected chi connectivity index (χ0v) is 6.38. The molecule has 1 aliphatic heterocycles. The van der Waals surface area contributed by atoms with Gasteiger partial charge in [0.05, 0.1) is 0 Å². The molecule has 0 radical (unpaired) electrons. The molecule has 0 aromatic carbocycles. The topological polar surface area (TPSA) is 44.7 Å². The Kier molecular flexibility index (Phi) is 1.48. The first-order valence-corrected chi connectivity index (χ1v) is 3.14. The summed E-state index contributed by atoms with van der Waals surface area (Å²) in [4.78, 5) is 15.2.